The van der Waals surface area contributed by atoms with Gasteiger partial charge < -0.3 is 0 Å². The van der Waals surface area contributed by atoms with E-state index in [4.69, 9.17) is 0 Å². The maximum absolute atomic E-state index is 11.7. The van der Waals surface area contributed by atoms with Gasteiger partial charge in [0.2, 0.25) is 0 Å². The third-order valence-electron chi connectivity index (χ3n) is 2.04. The second-order valence-corrected chi connectivity index (χ2v) is 3.79. The van der Waals surface area contributed by atoms with Crippen LogP contribution in [0.15, 0.2) is 11.6 Å². The van der Waals surface area contributed by atoms with E-state index in [0.29, 0.717) is 5.78 Å². The van der Waals surface area contributed by atoms with Crippen molar-refractivity contribution in [1.29, 1.82) is 0 Å². The van der Waals surface area contributed by atoms with Gasteiger partial charge in [-0.15, -0.1) is 0 Å². The molecule has 0 bridgehead atoms. The molecule has 1 nitrogen and oxygen atoms in total. The Bertz CT molecular complexity index is 178. The molecule has 0 rings (SSSR count). The van der Waals surface area contributed by atoms with Crippen LogP contribution >= 0.6 is 0 Å². The SMILES string of the molecule is CCC/C=C(\CCC)C(=O)C(C)C. The van der Waals surface area contributed by atoms with Gasteiger partial charge >= 0.3 is 0 Å². The van der Waals surface area contributed by atoms with Crippen LogP contribution in [0.2, 0.25) is 0 Å². The Morgan fingerprint density at radius 2 is 1.85 bits per heavy atom. The van der Waals surface area contributed by atoms with Gasteiger partial charge in [-0.1, -0.05) is 46.6 Å². The van der Waals surface area contributed by atoms with E-state index in [9.17, 15) is 4.79 Å². The molecule has 0 aromatic carbocycles. The zero-order valence-electron chi connectivity index (χ0n) is 9.39. The fourth-order valence-corrected chi connectivity index (χ4v) is 1.28. The summed E-state index contributed by atoms with van der Waals surface area (Å²) < 4.78 is 0. The summed E-state index contributed by atoms with van der Waals surface area (Å²) in [5.74, 6) is 0.477. The minimum Gasteiger partial charge on any atom is -0.294 e. The predicted octanol–water partition coefficient (Wildman–Crippen LogP) is 3.74. The zero-order chi connectivity index (χ0) is 10.3. The molecular formula is C12H22O. The zero-order valence-corrected chi connectivity index (χ0v) is 9.39. The normalized spacial score (nSPS) is 12.2. The molecule has 0 radical (unpaired) electrons. The monoisotopic (exact) mass is 182 g/mol. The van der Waals surface area contributed by atoms with E-state index in [0.717, 1.165) is 31.3 Å². The molecule has 0 unspecified atom stereocenters. The number of rotatable bonds is 6. The van der Waals surface area contributed by atoms with Crippen molar-refractivity contribution in [3.05, 3.63) is 11.6 Å². The summed E-state index contributed by atoms with van der Waals surface area (Å²) in [5, 5.41) is 0. The summed E-state index contributed by atoms with van der Waals surface area (Å²) in [6, 6.07) is 0. The van der Waals surface area contributed by atoms with E-state index >= 15 is 0 Å². The highest BCUT2D eigenvalue weighted by Crippen LogP contribution is 2.13. The molecule has 0 aliphatic rings. The number of hydrogen-bond acceptors (Lipinski definition) is 1. The summed E-state index contributed by atoms with van der Waals surface area (Å²) >= 11 is 0. The number of hydrogen-bond donors (Lipinski definition) is 0. The minimum absolute atomic E-state index is 0.148. The first-order valence-electron chi connectivity index (χ1n) is 5.36. The third-order valence-corrected chi connectivity index (χ3v) is 2.04. The summed E-state index contributed by atoms with van der Waals surface area (Å²) in [5.41, 5.74) is 1.04. The molecule has 0 heterocycles. The lowest BCUT2D eigenvalue weighted by Crippen LogP contribution is -2.10. The average Bonchev–Trinajstić information content (AvgIpc) is 2.11. The van der Waals surface area contributed by atoms with Gasteiger partial charge in [0.15, 0.2) is 5.78 Å². The highest BCUT2D eigenvalue weighted by atomic mass is 16.1. The van der Waals surface area contributed by atoms with Crippen molar-refractivity contribution in [2.75, 3.05) is 0 Å². The molecular weight excluding hydrogens is 160 g/mol. The molecule has 0 aromatic heterocycles. The molecule has 0 fully saturated rings. The summed E-state index contributed by atoms with van der Waals surface area (Å²) in [6.45, 7) is 8.20. The van der Waals surface area contributed by atoms with Gasteiger partial charge in [-0.05, 0) is 18.4 Å². The lowest BCUT2D eigenvalue weighted by Gasteiger charge is -2.07. The molecule has 0 atom stereocenters. The Hall–Kier alpha value is -0.590. The van der Waals surface area contributed by atoms with Gasteiger partial charge in [0.05, 0.1) is 0 Å². The molecule has 0 aromatic rings. The number of carbonyl (C=O) groups excluding carboxylic acids is 1. The van der Waals surface area contributed by atoms with Gasteiger partial charge in [0, 0.05) is 5.92 Å². The van der Waals surface area contributed by atoms with Gasteiger partial charge in [0.1, 0.15) is 0 Å². The maximum atomic E-state index is 11.7. The molecule has 0 saturated heterocycles. The van der Waals surface area contributed by atoms with Gasteiger partial charge in [-0.3, -0.25) is 4.79 Å². The average molecular weight is 182 g/mol. The van der Waals surface area contributed by atoms with E-state index in [-0.39, 0.29) is 5.92 Å². The predicted molar refractivity (Wildman–Crippen MR) is 57.7 cm³/mol. The van der Waals surface area contributed by atoms with Crippen LogP contribution in [0.25, 0.3) is 0 Å². The van der Waals surface area contributed by atoms with E-state index in [1.54, 1.807) is 0 Å². The van der Waals surface area contributed by atoms with Crippen molar-refractivity contribution >= 4 is 5.78 Å². The van der Waals surface area contributed by atoms with E-state index in [1.807, 2.05) is 13.8 Å². The van der Waals surface area contributed by atoms with Crippen LogP contribution in [0, 0.1) is 5.92 Å². The lowest BCUT2D eigenvalue weighted by molar-refractivity contribution is -0.118. The first-order valence-corrected chi connectivity index (χ1v) is 5.36. The minimum atomic E-state index is 0.148. The highest BCUT2D eigenvalue weighted by Gasteiger charge is 2.11. The van der Waals surface area contributed by atoms with Crippen LogP contribution in [0.3, 0.4) is 0 Å². The smallest absolute Gasteiger partial charge is 0.161 e. The van der Waals surface area contributed by atoms with Crippen molar-refractivity contribution < 1.29 is 4.79 Å². The van der Waals surface area contributed by atoms with Crippen molar-refractivity contribution in [3.8, 4) is 0 Å². The van der Waals surface area contributed by atoms with Crippen LogP contribution in [-0.4, -0.2) is 5.78 Å². The molecule has 0 aliphatic carbocycles. The largest absolute Gasteiger partial charge is 0.294 e. The van der Waals surface area contributed by atoms with Crippen LogP contribution in [0.5, 0.6) is 0 Å². The van der Waals surface area contributed by atoms with Crippen LogP contribution in [0.1, 0.15) is 53.4 Å². The number of carbonyl (C=O) groups is 1. The van der Waals surface area contributed by atoms with Crippen molar-refractivity contribution in [3.63, 3.8) is 0 Å². The summed E-state index contributed by atoms with van der Waals surface area (Å²) in [6.07, 6.45) is 6.28. The molecule has 0 N–H and O–H groups in total. The summed E-state index contributed by atoms with van der Waals surface area (Å²) in [4.78, 5) is 11.7. The van der Waals surface area contributed by atoms with E-state index < -0.39 is 0 Å². The van der Waals surface area contributed by atoms with Crippen LogP contribution < -0.4 is 0 Å². The number of ketones is 1. The Labute approximate surface area is 82.2 Å². The van der Waals surface area contributed by atoms with E-state index in [1.165, 1.54) is 0 Å². The molecule has 1 heteroatoms. The third kappa shape index (κ3) is 4.87. The molecule has 13 heavy (non-hydrogen) atoms. The first kappa shape index (κ1) is 12.4. The number of allylic oxidation sites excluding steroid dienone is 2. The van der Waals surface area contributed by atoms with Crippen molar-refractivity contribution in [2.45, 2.75) is 53.4 Å². The standard InChI is InChI=1S/C12H22O/c1-5-7-9-11(8-6-2)12(13)10(3)4/h9-10H,5-8H2,1-4H3/b11-9+. The molecule has 0 saturated carbocycles. The second-order valence-electron chi connectivity index (χ2n) is 3.79. The van der Waals surface area contributed by atoms with Crippen LogP contribution in [-0.2, 0) is 4.79 Å². The molecule has 0 aliphatic heterocycles. The molecule has 0 amide bonds. The van der Waals surface area contributed by atoms with Gasteiger partial charge in [0.25, 0.3) is 0 Å². The van der Waals surface area contributed by atoms with Gasteiger partial charge in [-0.2, -0.15) is 0 Å². The number of Topliss-reactive ketones (excluding diaryl/α,β-unsaturated/α-hetero) is 1. The Balaban J connectivity index is 4.31. The van der Waals surface area contributed by atoms with E-state index in [2.05, 4.69) is 19.9 Å². The van der Waals surface area contributed by atoms with Crippen molar-refractivity contribution in [2.24, 2.45) is 5.92 Å². The maximum Gasteiger partial charge on any atom is 0.161 e. The van der Waals surface area contributed by atoms with Crippen LogP contribution in [0.4, 0.5) is 0 Å². The fourth-order valence-electron chi connectivity index (χ4n) is 1.28. The lowest BCUT2D eigenvalue weighted by atomic mass is 9.96. The Morgan fingerprint density at radius 3 is 2.23 bits per heavy atom. The quantitative estimate of drug-likeness (QED) is 0.572. The summed E-state index contributed by atoms with van der Waals surface area (Å²) in [7, 11) is 0. The fraction of sp³-hybridized carbons (Fsp3) is 0.750. The second kappa shape index (κ2) is 6.88. The highest BCUT2D eigenvalue weighted by molar-refractivity contribution is 5.96. The topological polar surface area (TPSA) is 17.1 Å². The Morgan fingerprint density at radius 1 is 1.23 bits per heavy atom. The van der Waals surface area contributed by atoms with Crippen molar-refractivity contribution in [1.82, 2.24) is 0 Å². The first-order chi connectivity index (χ1) is 6.13. The van der Waals surface area contributed by atoms with Gasteiger partial charge in [-0.25, -0.2) is 0 Å². The molecule has 76 valence electrons. The Kier molecular flexibility index (Phi) is 6.56. The molecule has 0 spiro atoms. The number of unbranched alkanes of at least 4 members (excludes halogenated alkanes) is 1.